The molecule has 21 heavy (non-hydrogen) atoms. The molecular formula is C15H19ClN2O2S. The van der Waals surface area contributed by atoms with E-state index in [0.717, 1.165) is 35.8 Å². The highest BCUT2D eigenvalue weighted by molar-refractivity contribution is 7.07. The van der Waals surface area contributed by atoms with Gasteiger partial charge in [-0.05, 0) is 31.0 Å². The molecule has 0 N–H and O–H groups in total. The summed E-state index contributed by atoms with van der Waals surface area (Å²) in [5, 5.41) is 2.18. The molecule has 0 bridgehead atoms. The van der Waals surface area contributed by atoms with Gasteiger partial charge < -0.3 is 14.0 Å². The Labute approximate surface area is 134 Å². The molecule has 0 unspecified atom stereocenters. The molecule has 114 valence electrons. The summed E-state index contributed by atoms with van der Waals surface area (Å²) in [4.78, 5) is 5.65. The second-order valence-corrected chi connectivity index (χ2v) is 5.48. The fraction of sp³-hybridized carbons (Fsp3) is 0.400. The number of hydrogen-bond acceptors (Lipinski definition) is 4. The lowest BCUT2D eigenvalue weighted by Gasteiger charge is -2.21. The van der Waals surface area contributed by atoms with Gasteiger partial charge in [-0.1, -0.05) is 0 Å². The maximum atomic E-state index is 5.42. The van der Waals surface area contributed by atoms with Crippen molar-refractivity contribution in [1.29, 1.82) is 0 Å². The highest BCUT2D eigenvalue weighted by Gasteiger charge is 2.20. The summed E-state index contributed by atoms with van der Waals surface area (Å²) < 4.78 is 13.1. The number of rotatable bonds is 3. The van der Waals surface area contributed by atoms with Crippen LogP contribution in [-0.4, -0.2) is 25.3 Å². The van der Waals surface area contributed by atoms with Crippen LogP contribution in [0, 0.1) is 0 Å². The summed E-state index contributed by atoms with van der Waals surface area (Å²) in [6, 6.07) is 4.16. The van der Waals surface area contributed by atoms with Crippen LogP contribution in [0.5, 0.6) is 11.5 Å². The first-order valence-corrected chi connectivity index (χ1v) is 7.60. The molecule has 4 nitrogen and oxygen atoms in total. The molecule has 0 saturated carbocycles. The minimum absolute atomic E-state index is 0. The molecule has 0 atom stereocenters. The lowest BCUT2D eigenvalue weighted by Crippen LogP contribution is -2.21. The van der Waals surface area contributed by atoms with Gasteiger partial charge in [0.05, 0.1) is 19.9 Å². The van der Waals surface area contributed by atoms with Crippen LogP contribution in [0.4, 0.5) is 0 Å². The van der Waals surface area contributed by atoms with Crippen molar-refractivity contribution in [1.82, 2.24) is 4.57 Å². The Morgan fingerprint density at radius 2 is 1.95 bits per heavy atom. The van der Waals surface area contributed by atoms with Gasteiger partial charge in [-0.15, -0.1) is 23.7 Å². The first-order valence-electron chi connectivity index (χ1n) is 6.72. The van der Waals surface area contributed by atoms with E-state index in [1.54, 1.807) is 25.6 Å². The van der Waals surface area contributed by atoms with Gasteiger partial charge in [0.2, 0.25) is 0 Å². The van der Waals surface area contributed by atoms with Crippen molar-refractivity contribution in [2.75, 3.05) is 20.8 Å². The summed E-state index contributed by atoms with van der Waals surface area (Å²) in [6.45, 7) is 3.86. The number of fused-ring (bicyclic) bond motifs is 3. The van der Waals surface area contributed by atoms with E-state index in [-0.39, 0.29) is 12.4 Å². The molecule has 1 aromatic carbocycles. The molecular weight excluding hydrogens is 308 g/mol. The van der Waals surface area contributed by atoms with Crippen molar-refractivity contribution in [3.8, 4) is 22.8 Å². The van der Waals surface area contributed by atoms with E-state index in [4.69, 9.17) is 9.47 Å². The van der Waals surface area contributed by atoms with Crippen molar-refractivity contribution < 1.29 is 9.47 Å². The molecule has 6 heteroatoms. The molecule has 1 aromatic heterocycles. The highest BCUT2D eigenvalue weighted by Crippen LogP contribution is 2.38. The van der Waals surface area contributed by atoms with Gasteiger partial charge in [-0.25, -0.2) is 0 Å². The van der Waals surface area contributed by atoms with Gasteiger partial charge in [0.15, 0.2) is 16.3 Å². The van der Waals surface area contributed by atoms with E-state index < -0.39 is 0 Å². The third kappa shape index (κ3) is 2.68. The first kappa shape index (κ1) is 15.9. The molecule has 0 amide bonds. The third-order valence-electron chi connectivity index (χ3n) is 3.58. The fourth-order valence-corrected chi connectivity index (χ4v) is 3.61. The van der Waals surface area contributed by atoms with Crippen LogP contribution in [-0.2, 0) is 13.0 Å². The van der Waals surface area contributed by atoms with Crippen LogP contribution in [0.3, 0.4) is 0 Å². The minimum atomic E-state index is 0. The Balaban J connectivity index is 0.00000161. The Hall–Kier alpha value is -1.46. The second kappa shape index (κ2) is 6.54. The van der Waals surface area contributed by atoms with Gasteiger partial charge in [0.25, 0.3) is 0 Å². The Morgan fingerprint density at radius 3 is 2.62 bits per heavy atom. The zero-order chi connectivity index (χ0) is 14.1. The Bertz CT molecular complexity index is 706. The van der Waals surface area contributed by atoms with Gasteiger partial charge in [0, 0.05) is 24.0 Å². The number of thiazole rings is 1. The quantitative estimate of drug-likeness (QED) is 0.868. The normalized spacial score (nSPS) is 13.2. The average molecular weight is 327 g/mol. The monoisotopic (exact) mass is 326 g/mol. The molecule has 0 radical (unpaired) electrons. The Kier molecular flexibility index (Phi) is 4.96. The summed E-state index contributed by atoms with van der Waals surface area (Å²) in [5.41, 5.74) is 3.76. The molecule has 0 saturated heterocycles. The molecule has 0 fully saturated rings. The van der Waals surface area contributed by atoms with E-state index in [2.05, 4.69) is 34.0 Å². The van der Waals surface area contributed by atoms with E-state index in [0.29, 0.717) is 0 Å². The second-order valence-electron chi connectivity index (χ2n) is 4.64. The zero-order valence-corrected chi connectivity index (χ0v) is 14.0. The number of halogens is 1. The number of ether oxygens (including phenoxy) is 2. The fourth-order valence-electron chi connectivity index (χ4n) is 2.62. The number of methoxy groups -OCH3 is 2. The smallest absolute Gasteiger partial charge is 0.185 e. The average Bonchev–Trinajstić information content (AvgIpc) is 2.89. The number of aryl methyl sites for hydroxylation is 1. The van der Waals surface area contributed by atoms with Crippen LogP contribution in [0.15, 0.2) is 22.5 Å². The van der Waals surface area contributed by atoms with Crippen molar-refractivity contribution in [2.45, 2.75) is 19.9 Å². The van der Waals surface area contributed by atoms with Crippen LogP contribution in [0.2, 0.25) is 0 Å². The maximum absolute atomic E-state index is 5.42. The molecule has 0 aliphatic carbocycles. The Morgan fingerprint density at radius 1 is 1.24 bits per heavy atom. The summed E-state index contributed by atoms with van der Waals surface area (Å²) in [5.74, 6) is 1.58. The van der Waals surface area contributed by atoms with Crippen LogP contribution in [0.25, 0.3) is 11.3 Å². The number of hydrogen-bond donors (Lipinski definition) is 0. The number of benzene rings is 1. The number of aromatic nitrogens is 1. The largest absolute Gasteiger partial charge is 0.493 e. The van der Waals surface area contributed by atoms with E-state index in [1.165, 1.54) is 16.8 Å². The molecule has 1 aliphatic rings. The summed E-state index contributed by atoms with van der Waals surface area (Å²) >= 11 is 1.70. The van der Waals surface area contributed by atoms with Crippen LogP contribution >= 0.6 is 23.7 Å². The van der Waals surface area contributed by atoms with Crippen LogP contribution in [0.1, 0.15) is 12.5 Å². The van der Waals surface area contributed by atoms with E-state index in [1.807, 2.05) is 0 Å². The van der Waals surface area contributed by atoms with Crippen molar-refractivity contribution in [3.63, 3.8) is 0 Å². The molecule has 1 aliphatic heterocycles. The van der Waals surface area contributed by atoms with Gasteiger partial charge >= 0.3 is 0 Å². The van der Waals surface area contributed by atoms with E-state index in [9.17, 15) is 0 Å². The SMILES string of the molecule is CCN=c1scc2n1CCc1cc(OC)c(OC)cc1-2.Cl. The predicted octanol–water partition coefficient (Wildman–Crippen LogP) is 3.13. The number of nitrogens with zero attached hydrogens (tertiary/aromatic N) is 2. The summed E-state index contributed by atoms with van der Waals surface area (Å²) in [7, 11) is 3.35. The lowest BCUT2D eigenvalue weighted by molar-refractivity contribution is 0.354. The lowest BCUT2D eigenvalue weighted by atomic mass is 9.98. The van der Waals surface area contributed by atoms with E-state index >= 15 is 0 Å². The topological polar surface area (TPSA) is 35.8 Å². The minimum Gasteiger partial charge on any atom is -0.493 e. The van der Waals surface area contributed by atoms with Gasteiger partial charge in [0.1, 0.15) is 0 Å². The molecule has 0 spiro atoms. The van der Waals surface area contributed by atoms with Gasteiger partial charge in [-0.3, -0.25) is 4.99 Å². The summed E-state index contributed by atoms with van der Waals surface area (Å²) in [6.07, 6.45) is 0.996. The predicted molar refractivity (Wildman–Crippen MR) is 87.9 cm³/mol. The molecule has 2 heterocycles. The van der Waals surface area contributed by atoms with Crippen molar-refractivity contribution in [3.05, 3.63) is 27.9 Å². The zero-order valence-electron chi connectivity index (χ0n) is 12.4. The maximum Gasteiger partial charge on any atom is 0.185 e. The van der Waals surface area contributed by atoms with Crippen LogP contribution < -0.4 is 14.3 Å². The molecule has 3 rings (SSSR count). The van der Waals surface area contributed by atoms with Crippen molar-refractivity contribution >= 4 is 23.7 Å². The molecule has 2 aromatic rings. The highest BCUT2D eigenvalue weighted by atomic mass is 35.5. The van der Waals surface area contributed by atoms with Crippen molar-refractivity contribution in [2.24, 2.45) is 4.99 Å². The standard InChI is InChI=1S/C15H18N2O2S.ClH/c1-4-16-15-17-6-5-10-7-13(18-2)14(19-3)8-11(10)12(17)9-20-15;/h7-9H,4-6H2,1-3H3;1H. The first-order chi connectivity index (χ1) is 9.78. The van der Waals surface area contributed by atoms with Gasteiger partial charge in [-0.2, -0.15) is 0 Å². The third-order valence-corrected chi connectivity index (χ3v) is 4.48.